The Bertz CT molecular complexity index is 766. The van der Waals surface area contributed by atoms with Crippen molar-refractivity contribution in [1.29, 1.82) is 0 Å². The summed E-state index contributed by atoms with van der Waals surface area (Å²) in [4.78, 5) is 32.0. The van der Waals surface area contributed by atoms with E-state index in [9.17, 15) is 9.59 Å². The normalized spacial score (nSPS) is 20.2. The highest BCUT2D eigenvalue weighted by molar-refractivity contribution is 7.10. The van der Waals surface area contributed by atoms with Crippen LogP contribution in [0.5, 0.6) is 0 Å². The van der Waals surface area contributed by atoms with Gasteiger partial charge in [0.05, 0.1) is 5.69 Å². The molecule has 7 heteroatoms. The highest BCUT2D eigenvalue weighted by Crippen LogP contribution is 2.31. The van der Waals surface area contributed by atoms with Gasteiger partial charge in [-0.05, 0) is 30.7 Å². The first-order valence-corrected chi connectivity index (χ1v) is 9.25. The lowest BCUT2D eigenvalue weighted by Gasteiger charge is -2.26. The van der Waals surface area contributed by atoms with Crippen molar-refractivity contribution in [3.63, 3.8) is 0 Å². The fourth-order valence-corrected chi connectivity index (χ4v) is 4.43. The first-order valence-electron chi connectivity index (χ1n) is 8.37. The van der Waals surface area contributed by atoms with Crippen molar-refractivity contribution in [1.82, 2.24) is 14.9 Å². The molecule has 2 aliphatic rings. The standard InChI is InChI=1S/C17H20N4O2S/c22-16(19-12-4-5-15-18-7-8-20(15)10-12)11-21-13-6-9-24-14(13)2-1-3-17(21)23/h6-9,12H,1-5,10-11H2,(H,19,22)/t12-/m1/s1. The van der Waals surface area contributed by atoms with Gasteiger partial charge >= 0.3 is 0 Å². The van der Waals surface area contributed by atoms with Crippen molar-refractivity contribution >= 4 is 28.8 Å². The number of carbonyl (C=O) groups excluding carboxylic acids is 2. The second kappa shape index (κ2) is 6.39. The molecule has 1 atom stereocenters. The first-order chi connectivity index (χ1) is 11.7. The molecule has 0 bridgehead atoms. The van der Waals surface area contributed by atoms with Crippen molar-refractivity contribution < 1.29 is 9.59 Å². The molecule has 0 spiro atoms. The molecule has 0 unspecified atom stereocenters. The number of aromatic nitrogens is 2. The molecule has 0 saturated heterocycles. The number of fused-ring (bicyclic) bond motifs is 2. The Morgan fingerprint density at radius 1 is 1.38 bits per heavy atom. The van der Waals surface area contributed by atoms with Gasteiger partial charge in [0.1, 0.15) is 12.4 Å². The van der Waals surface area contributed by atoms with Crippen molar-refractivity contribution in [2.24, 2.45) is 0 Å². The van der Waals surface area contributed by atoms with E-state index in [0.29, 0.717) is 6.42 Å². The average molecular weight is 344 g/mol. The molecule has 4 heterocycles. The number of nitrogens with one attached hydrogen (secondary N) is 1. The number of hydrogen-bond donors (Lipinski definition) is 1. The maximum Gasteiger partial charge on any atom is 0.240 e. The van der Waals surface area contributed by atoms with Gasteiger partial charge in [-0.25, -0.2) is 4.98 Å². The van der Waals surface area contributed by atoms with Gasteiger partial charge in [-0.1, -0.05) is 0 Å². The van der Waals surface area contributed by atoms with Gasteiger partial charge in [-0.15, -0.1) is 11.3 Å². The third-order valence-corrected chi connectivity index (χ3v) is 5.68. The molecule has 126 valence electrons. The van der Waals surface area contributed by atoms with Crippen molar-refractivity contribution in [2.75, 3.05) is 11.4 Å². The van der Waals surface area contributed by atoms with Crippen molar-refractivity contribution in [2.45, 2.75) is 44.7 Å². The van der Waals surface area contributed by atoms with Gasteiger partial charge in [-0.3, -0.25) is 9.59 Å². The summed E-state index contributed by atoms with van der Waals surface area (Å²) in [5, 5.41) is 5.08. The minimum Gasteiger partial charge on any atom is -0.350 e. The molecule has 6 nitrogen and oxygen atoms in total. The van der Waals surface area contributed by atoms with Gasteiger partial charge < -0.3 is 14.8 Å². The summed E-state index contributed by atoms with van der Waals surface area (Å²) in [6.45, 7) is 0.856. The third kappa shape index (κ3) is 2.96. The van der Waals surface area contributed by atoms with Crippen LogP contribution >= 0.6 is 11.3 Å². The molecule has 0 saturated carbocycles. The van der Waals surface area contributed by atoms with E-state index in [1.165, 1.54) is 4.88 Å². The van der Waals surface area contributed by atoms with E-state index in [1.807, 2.05) is 17.6 Å². The number of anilines is 1. The molecule has 0 radical (unpaired) electrons. The predicted molar refractivity (Wildman–Crippen MR) is 92.1 cm³/mol. The fraction of sp³-hybridized carbons (Fsp3) is 0.471. The second-order valence-corrected chi connectivity index (χ2v) is 7.36. The van der Waals surface area contributed by atoms with Crippen LogP contribution in [0.2, 0.25) is 0 Å². The molecule has 24 heavy (non-hydrogen) atoms. The molecule has 0 aliphatic carbocycles. The number of nitrogens with zero attached hydrogens (tertiary/aromatic N) is 3. The number of rotatable bonds is 3. The average Bonchev–Trinajstić information content (AvgIpc) is 3.18. The smallest absolute Gasteiger partial charge is 0.240 e. The van der Waals surface area contributed by atoms with E-state index in [4.69, 9.17) is 0 Å². The van der Waals surface area contributed by atoms with E-state index in [0.717, 1.165) is 43.7 Å². The summed E-state index contributed by atoms with van der Waals surface area (Å²) >= 11 is 1.66. The van der Waals surface area contributed by atoms with Gasteiger partial charge in [0.25, 0.3) is 0 Å². The Morgan fingerprint density at radius 3 is 3.21 bits per heavy atom. The highest BCUT2D eigenvalue weighted by Gasteiger charge is 2.26. The minimum absolute atomic E-state index is 0.0443. The van der Waals surface area contributed by atoms with E-state index in [1.54, 1.807) is 22.4 Å². The van der Waals surface area contributed by atoms with Crippen LogP contribution in [0, 0.1) is 0 Å². The molecule has 1 N–H and O–H groups in total. The maximum atomic E-state index is 12.5. The van der Waals surface area contributed by atoms with Crippen LogP contribution in [0.3, 0.4) is 0 Å². The number of imidazole rings is 1. The Kier molecular flexibility index (Phi) is 4.10. The Morgan fingerprint density at radius 2 is 2.29 bits per heavy atom. The second-order valence-electron chi connectivity index (χ2n) is 6.36. The Hall–Kier alpha value is -2.15. The Balaban J connectivity index is 1.42. The van der Waals surface area contributed by atoms with Crippen LogP contribution in [-0.4, -0.2) is 34.0 Å². The molecule has 2 aliphatic heterocycles. The van der Waals surface area contributed by atoms with Crippen LogP contribution in [0.1, 0.15) is 30.0 Å². The number of amides is 2. The minimum atomic E-state index is -0.0871. The lowest BCUT2D eigenvalue weighted by atomic mass is 10.1. The Labute approximate surface area is 144 Å². The summed E-state index contributed by atoms with van der Waals surface area (Å²) in [7, 11) is 0. The molecule has 2 aromatic heterocycles. The number of aryl methyl sites for hydroxylation is 2. The largest absolute Gasteiger partial charge is 0.350 e. The van der Waals surface area contributed by atoms with Crippen LogP contribution in [-0.2, 0) is 29.0 Å². The lowest BCUT2D eigenvalue weighted by Crippen LogP contribution is -2.46. The molecule has 2 amide bonds. The number of carbonyl (C=O) groups is 2. The van der Waals surface area contributed by atoms with Crippen molar-refractivity contribution in [3.8, 4) is 0 Å². The van der Waals surface area contributed by atoms with E-state index < -0.39 is 0 Å². The summed E-state index contributed by atoms with van der Waals surface area (Å²) in [6, 6.07) is 2.05. The van der Waals surface area contributed by atoms with Gasteiger partial charge in [0.2, 0.25) is 11.8 Å². The van der Waals surface area contributed by atoms with E-state index in [2.05, 4.69) is 14.9 Å². The summed E-state index contributed by atoms with van der Waals surface area (Å²) in [5.41, 5.74) is 0.915. The number of thiophene rings is 1. The van der Waals surface area contributed by atoms with Gasteiger partial charge in [0.15, 0.2) is 0 Å². The van der Waals surface area contributed by atoms with Crippen molar-refractivity contribution in [3.05, 3.63) is 34.5 Å². The van der Waals surface area contributed by atoms with E-state index >= 15 is 0 Å². The summed E-state index contributed by atoms with van der Waals surface area (Å²) < 4.78 is 2.09. The number of hydrogen-bond acceptors (Lipinski definition) is 4. The van der Waals surface area contributed by atoms with Gasteiger partial charge in [0, 0.05) is 42.7 Å². The maximum absolute atomic E-state index is 12.5. The quantitative estimate of drug-likeness (QED) is 0.922. The molecule has 2 aromatic rings. The zero-order valence-corrected chi connectivity index (χ0v) is 14.2. The lowest BCUT2D eigenvalue weighted by molar-refractivity contribution is -0.124. The SMILES string of the molecule is O=C(CN1C(=O)CCCc2sccc21)N[C@@H]1CCc2nccn2C1. The van der Waals surface area contributed by atoms with Crippen LogP contribution in [0.15, 0.2) is 23.8 Å². The third-order valence-electron chi connectivity index (χ3n) is 4.71. The first kappa shape index (κ1) is 15.4. The predicted octanol–water partition coefficient (Wildman–Crippen LogP) is 1.75. The summed E-state index contributed by atoms with van der Waals surface area (Å²) in [6.07, 6.45) is 7.79. The zero-order valence-electron chi connectivity index (χ0n) is 13.4. The van der Waals surface area contributed by atoms with Crippen LogP contribution < -0.4 is 10.2 Å². The highest BCUT2D eigenvalue weighted by atomic mass is 32.1. The molecular weight excluding hydrogens is 324 g/mol. The monoisotopic (exact) mass is 344 g/mol. The summed E-state index contributed by atoms with van der Waals surface area (Å²) in [5.74, 6) is 1.03. The van der Waals surface area contributed by atoms with E-state index in [-0.39, 0.29) is 24.4 Å². The molecule has 4 rings (SSSR count). The molecule has 0 aromatic carbocycles. The van der Waals surface area contributed by atoms with Crippen LogP contribution in [0.4, 0.5) is 5.69 Å². The molecular formula is C17H20N4O2S. The molecule has 0 fully saturated rings. The zero-order chi connectivity index (χ0) is 16.5. The van der Waals surface area contributed by atoms with Gasteiger partial charge in [-0.2, -0.15) is 0 Å². The topological polar surface area (TPSA) is 67.2 Å². The van der Waals surface area contributed by atoms with Crippen LogP contribution in [0.25, 0.3) is 0 Å². The fourth-order valence-electron chi connectivity index (χ4n) is 3.51.